The topological polar surface area (TPSA) is 79.8 Å². The van der Waals surface area contributed by atoms with E-state index in [-0.39, 0.29) is 47.9 Å². The third-order valence-corrected chi connectivity index (χ3v) is 8.36. The molecule has 36 heavy (non-hydrogen) atoms. The highest BCUT2D eigenvalue weighted by atomic mass is 19.4. The van der Waals surface area contributed by atoms with Crippen molar-refractivity contribution in [3.63, 3.8) is 0 Å². The average molecular weight is 510 g/mol. The van der Waals surface area contributed by atoms with Gasteiger partial charge in [0, 0.05) is 38.9 Å². The Balaban J connectivity index is 1.26. The number of likely N-dealkylation sites (tertiary alicyclic amines) is 1. The summed E-state index contributed by atoms with van der Waals surface area (Å²) in [5, 5.41) is 3.68. The minimum Gasteiger partial charge on any atom is -0.379 e. The van der Waals surface area contributed by atoms with Crippen LogP contribution in [0.4, 0.5) is 19.0 Å². The number of rotatable bonds is 6. The Labute approximate surface area is 209 Å². The van der Waals surface area contributed by atoms with Crippen LogP contribution in [-0.2, 0) is 20.4 Å². The van der Waals surface area contributed by atoms with Crippen LogP contribution in [-0.4, -0.2) is 84.5 Å². The number of ether oxygens (including phenoxy) is 2. The summed E-state index contributed by atoms with van der Waals surface area (Å²) in [5.41, 5.74) is -1.61. The van der Waals surface area contributed by atoms with Crippen LogP contribution >= 0.6 is 0 Å². The number of hydrogen-bond acceptors (Lipinski definition) is 7. The van der Waals surface area contributed by atoms with Crippen LogP contribution in [0.2, 0.25) is 0 Å². The predicted octanol–water partition coefficient (Wildman–Crippen LogP) is 2.65. The van der Waals surface area contributed by atoms with E-state index in [0.717, 1.165) is 19.0 Å². The molecule has 4 aliphatic rings. The molecule has 1 N–H and O–H groups in total. The standard InChI is InChI=1S/C25H34F3N5O3/c1-15(2)24(6-4-16(9-24)30-19-5-7-36-14-20(19)35-3)23(34)33-13-17-8-18(33)12-32(17)22-11-29-10-21(31-22)25(26,27)28/h4,6,10-11,15-20,30H,5,7-9,12-14H2,1-3H3/t16-,17+,18+,19+,20-,24+/m1/s1. The van der Waals surface area contributed by atoms with Gasteiger partial charge in [-0.05, 0) is 25.2 Å². The normalized spacial score (nSPS) is 34.2. The number of piperazine rings is 1. The summed E-state index contributed by atoms with van der Waals surface area (Å²) in [5.74, 6) is 0.429. The first-order valence-corrected chi connectivity index (χ1v) is 12.7. The highest BCUT2D eigenvalue weighted by Crippen LogP contribution is 2.45. The molecule has 1 aromatic rings. The number of hydrogen-bond donors (Lipinski definition) is 1. The lowest BCUT2D eigenvalue weighted by Crippen LogP contribution is -2.55. The molecule has 4 heterocycles. The lowest BCUT2D eigenvalue weighted by molar-refractivity contribution is -0.143. The highest BCUT2D eigenvalue weighted by molar-refractivity contribution is 5.87. The number of anilines is 1. The van der Waals surface area contributed by atoms with Crippen LogP contribution < -0.4 is 10.2 Å². The fourth-order valence-electron chi connectivity index (χ4n) is 6.24. The number of carbonyl (C=O) groups is 1. The third kappa shape index (κ3) is 4.50. The van der Waals surface area contributed by atoms with E-state index >= 15 is 0 Å². The number of nitrogens with zero attached hydrogens (tertiary/aromatic N) is 4. The summed E-state index contributed by atoms with van der Waals surface area (Å²) >= 11 is 0. The summed E-state index contributed by atoms with van der Waals surface area (Å²) in [4.78, 5) is 25.4. The molecule has 3 saturated heterocycles. The molecule has 1 amide bonds. The largest absolute Gasteiger partial charge is 0.434 e. The van der Waals surface area contributed by atoms with E-state index in [2.05, 4.69) is 41.3 Å². The molecule has 11 heteroatoms. The Morgan fingerprint density at radius 1 is 1.28 bits per heavy atom. The van der Waals surface area contributed by atoms with Crippen molar-refractivity contribution in [2.24, 2.45) is 11.3 Å². The SMILES string of the molecule is CO[C@@H]1COCC[C@@H]1N[C@@H]1C=C[C@@](C(=O)N2C[C@@H]3C[C@H]2CN3c2cncc(C(F)(F)F)n2)(C(C)C)C1. The molecule has 1 aromatic heterocycles. The molecule has 0 saturated carbocycles. The predicted molar refractivity (Wildman–Crippen MR) is 126 cm³/mol. The van der Waals surface area contributed by atoms with Gasteiger partial charge in [-0.1, -0.05) is 26.0 Å². The molecule has 2 bridgehead atoms. The van der Waals surface area contributed by atoms with Crippen LogP contribution in [0.3, 0.4) is 0 Å². The summed E-state index contributed by atoms with van der Waals surface area (Å²) in [6.45, 7) is 6.34. The van der Waals surface area contributed by atoms with Crippen LogP contribution in [0, 0.1) is 11.3 Å². The summed E-state index contributed by atoms with van der Waals surface area (Å²) in [6, 6.07) is 0.114. The van der Waals surface area contributed by atoms with E-state index < -0.39 is 17.3 Å². The van der Waals surface area contributed by atoms with E-state index in [1.54, 1.807) is 7.11 Å². The van der Waals surface area contributed by atoms with Gasteiger partial charge in [0.25, 0.3) is 0 Å². The molecular weight excluding hydrogens is 475 g/mol. The number of aromatic nitrogens is 2. The quantitative estimate of drug-likeness (QED) is 0.591. The molecule has 1 aliphatic carbocycles. The summed E-state index contributed by atoms with van der Waals surface area (Å²) < 4.78 is 50.5. The Bertz CT molecular complexity index is 1010. The van der Waals surface area contributed by atoms with Crippen molar-refractivity contribution in [2.45, 2.75) is 69.6 Å². The van der Waals surface area contributed by atoms with Gasteiger partial charge in [0.05, 0.1) is 42.6 Å². The van der Waals surface area contributed by atoms with Gasteiger partial charge in [0.1, 0.15) is 5.82 Å². The third-order valence-electron chi connectivity index (χ3n) is 8.36. The molecule has 0 aromatic carbocycles. The van der Waals surface area contributed by atoms with E-state index in [1.165, 1.54) is 6.20 Å². The zero-order chi connectivity index (χ0) is 25.7. The molecule has 0 unspecified atom stereocenters. The van der Waals surface area contributed by atoms with Crippen LogP contribution in [0.25, 0.3) is 0 Å². The zero-order valence-corrected chi connectivity index (χ0v) is 20.9. The Kier molecular flexibility index (Phi) is 6.76. The van der Waals surface area contributed by atoms with E-state index in [4.69, 9.17) is 9.47 Å². The van der Waals surface area contributed by atoms with Crippen molar-refractivity contribution < 1.29 is 27.4 Å². The fraction of sp³-hybridized carbons (Fsp3) is 0.720. The molecule has 6 atom stereocenters. The average Bonchev–Trinajstić information content (AvgIpc) is 3.58. The van der Waals surface area contributed by atoms with Crippen molar-refractivity contribution in [1.29, 1.82) is 0 Å². The maximum atomic E-state index is 14.0. The van der Waals surface area contributed by atoms with Crippen LogP contribution in [0.5, 0.6) is 0 Å². The summed E-state index contributed by atoms with van der Waals surface area (Å²) in [7, 11) is 1.69. The molecular formula is C25H34F3N5O3. The van der Waals surface area contributed by atoms with E-state index in [9.17, 15) is 18.0 Å². The Morgan fingerprint density at radius 2 is 2.08 bits per heavy atom. The first-order valence-electron chi connectivity index (χ1n) is 12.7. The second kappa shape index (κ2) is 9.57. The molecule has 0 radical (unpaired) electrons. The molecule has 198 valence electrons. The lowest BCUT2D eigenvalue weighted by Gasteiger charge is -2.41. The van der Waals surface area contributed by atoms with Crippen molar-refractivity contribution in [2.75, 3.05) is 38.3 Å². The van der Waals surface area contributed by atoms with Crippen molar-refractivity contribution in [3.05, 3.63) is 30.2 Å². The van der Waals surface area contributed by atoms with E-state index in [0.29, 0.717) is 32.7 Å². The van der Waals surface area contributed by atoms with Crippen molar-refractivity contribution >= 4 is 11.7 Å². The monoisotopic (exact) mass is 509 g/mol. The number of methoxy groups -OCH3 is 1. The first kappa shape index (κ1) is 25.4. The number of carbonyl (C=O) groups excluding carboxylic acids is 1. The van der Waals surface area contributed by atoms with Crippen LogP contribution in [0.1, 0.15) is 38.8 Å². The molecule has 8 nitrogen and oxygen atoms in total. The van der Waals surface area contributed by atoms with Crippen molar-refractivity contribution in [1.82, 2.24) is 20.2 Å². The fourth-order valence-corrected chi connectivity index (χ4v) is 6.24. The number of amides is 1. The molecule has 3 fully saturated rings. The van der Waals surface area contributed by atoms with Gasteiger partial charge in [-0.25, -0.2) is 4.98 Å². The van der Waals surface area contributed by atoms with E-state index in [1.807, 2.05) is 9.80 Å². The number of halogens is 3. The Morgan fingerprint density at radius 3 is 2.75 bits per heavy atom. The smallest absolute Gasteiger partial charge is 0.379 e. The van der Waals surface area contributed by atoms with Gasteiger partial charge >= 0.3 is 6.18 Å². The maximum Gasteiger partial charge on any atom is 0.434 e. The minimum absolute atomic E-state index is 0.0175. The zero-order valence-electron chi connectivity index (χ0n) is 20.9. The van der Waals surface area contributed by atoms with Gasteiger partial charge in [-0.3, -0.25) is 9.78 Å². The van der Waals surface area contributed by atoms with Gasteiger partial charge in [-0.15, -0.1) is 0 Å². The molecule has 0 spiro atoms. The van der Waals surface area contributed by atoms with Gasteiger partial charge in [0.2, 0.25) is 5.91 Å². The Hall–Kier alpha value is -2.24. The minimum atomic E-state index is -4.54. The summed E-state index contributed by atoms with van der Waals surface area (Å²) in [6.07, 6.45) is 3.99. The van der Waals surface area contributed by atoms with Crippen LogP contribution in [0.15, 0.2) is 24.5 Å². The molecule has 3 aliphatic heterocycles. The first-order chi connectivity index (χ1) is 17.1. The van der Waals surface area contributed by atoms with Crippen molar-refractivity contribution in [3.8, 4) is 0 Å². The molecule has 5 rings (SSSR count). The number of fused-ring (bicyclic) bond motifs is 2. The highest BCUT2D eigenvalue weighted by Gasteiger charge is 2.53. The van der Waals surface area contributed by atoms with Gasteiger partial charge < -0.3 is 24.6 Å². The number of alkyl halides is 3. The van der Waals surface area contributed by atoms with Gasteiger partial charge in [-0.2, -0.15) is 13.2 Å². The lowest BCUT2D eigenvalue weighted by atomic mass is 9.74. The second-order valence-electron chi connectivity index (χ2n) is 10.7. The number of nitrogens with one attached hydrogen (secondary N) is 1. The maximum absolute atomic E-state index is 14.0. The van der Waals surface area contributed by atoms with Gasteiger partial charge in [0.15, 0.2) is 5.69 Å². The second-order valence-corrected chi connectivity index (χ2v) is 10.7.